The van der Waals surface area contributed by atoms with Gasteiger partial charge in [0.1, 0.15) is 5.82 Å². The number of aromatic nitrogens is 2. The van der Waals surface area contributed by atoms with Gasteiger partial charge in [0.2, 0.25) is 11.2 Å². The van der Waals surface area contributed by atoms with Crippen molar-refractivity contribution in [1.29, 1.82) is 0 Å². The molecule has 1 aromatic heterocycles. The van der Waals surface area contributed by atoms with E-state index in [1.165, 1.54) is 0 Å². The van der Waals surface area contributed by atoms with Crippen molar-refractivity contribution in [2.24, 2.45) is 11.7 Å². The molecule has 2 heterocycles. The molecule has 0 aliphatic carbocycles. The summed E-state index contributed by atoms with van der Waals surface area (Å²) in [6.45, 7) is 2.07. The highest BCUT2D eigenvalue weighted by Crippen LogP contribution is 2.33. The summed E-state index contributed by atoms with van der Waals surface area (Å²) in [5, 5.41) is -0.478. The van der Waals surface area contributed by atoms with Crippen LogP contribution in [0, 0.1) is 5.92 Å². The number of carbonyl (C=O) groups excluding carboxylic acids is 1. The van der Waals surface area contributed by atoms with Crippen LogP contribution in [-0.4, -0.2) is 28.5 Å². The molecule has 5 nitrogen and oxygen atoms in total. The normalized spacial score (nSPS) is 23.2. The third kappa shape index (κ3) is 3.55. The van der Waals surface area contributed by atoms with Gasteiger partial charge in [0.25, 0.3) is 0 Å². The molecule has 1 aromatic rings. The van der Waals surface area contributed by atoms with Gasteiger partial charge in [-0.3, -0.25) is 4.79 Å². The number of piperidine rings is 1. The van der Waals surface area contributed by atoms with Gasteiger partial charge in [-0.1, -0.05) is 0 Å². The third-order valence-electron chi connectivity index (χ3n) is 3.55. The fraction of sp³-hybridized carbons (Fsp3) is 0.583. The van der Waals surface area contributed by atoms with Crippen molar-refractivity contribution in [2.45, 2.75) is 32.0 Å². The van der Waals surface area contributed by atoms with Gasteiger partial charge in [-0.05, 0) is 31.4 Å². The highest BCUT2D eigenvalue weighted by atomic mass is 35.5. The van der Waals surface area contributed by atoms with Crippen LogP contribution in [0.5, 0.6) is 0 Å². The average Bonchev–Trinajstić information content (AvgIpc) is 2.37. The van der Waals surface area contributed by atoms with Gasteiger partial charge in [0.05, 0.1) is 5.92 Å². The molecule has 2 unspecified atom stereocenters. The molecule has 0 radical (unpaired) electrons. The Morgan fingerprint density at radius 1 is 1.43 bits per heavy atom. The summed E-state index contributed by atoms with van der Waals surface area (Å²) in [4.78, 5) is 19.9. The van der Waals surface area contributed by atoms with E-state index < -0.39 is 29.0 Å². The van der Waals surface area contributed by atoms with Crippen molar-refractivity contribution in [1.82, 2.24) is 9.97 Å². The molecule has 0 saturated carbocycles. The van der Waals surface area contributed by atoms with E-state index >= 15 is 0 Å². The molecule has 1 saturated heterocycles. The van der Waals surface area contributed by atoms with Gasteiger partial charge >= 0.3 is 6.18 Å². The number of nitrogens with two attached hydrogens (primary N) is 1. The lowest BCUT2D eigenvalue weighted by atomic mass is 9.93. The fourth-order valence-corrected chi connectivity index (χ4v) is 2.53. The SMILES string of the molecule is CC1CCC(C(N)=O)CN1c1cc(C(F)(F)F)nc(Cl)n1. The Hall–Kier alpha value is -1.57. The first-order valence-corrected chi connectivity index (χ1v) is 6.74. The number of alkyl halides is 3. The van der Waals surface area contributed by atoms with Crippen molar-refractivity contribution in [3.05, 3.63) is 17.0 Å². The van der Waals surface area contributed by atoms with Crippen LogP contribution < -0.4 is 10.6 Å². The lowest BCUT2D eigenvalue weighted by Crippen LogP contribution is -2.46. The Labute approximate surface area is 124 Å². The minimum absolute atomic E-state index is 0.0563. The molecule has 2 rings (SSSR count). The summed E-state index contributed by atoms with van der Waals surface area (Å²) in [5.41, 5.74) is 4.17. The molecule has 1 fully saturated rings. The zero-order valence-corrected chi connectivity index (χ0v) is 11.9. The molecular formula is C12H14ClF3N4O. The van der Waals surface area contributed by atoms with E-state index in [0.29, 0.717) is 12.8 Å². The first-order chi connectivity index (χ1) is 9.68. The van der Waals surface area contributed by atoms with Gasteiger partial charge in [-0.2, -0.15) is 13.2 Å². The molecule has 0 bridgehead atoms. The maximum absolute atomic E-state index is 12.8. The van der Waals surface area contributed by atoms with E-state index in [0.717, 1.165) is 6.07 Å². The largest absolute Gasteiger partial charge is 0.433 e. The van der Waals surface area contributed by atoms with Crippen LogP contribution in [0.3, 0.4) is 0 Å². The number of carbonyl (C=O) groups is 1. The van der Waals surface area contributed by atoms with Gasteiger partial charge in [-0.25, -0.2) is 9.97 Å². The number of primary amides is 1. The predicted octanol–water partition coefficient (Wildman–Crippen LogP) is 2.24. The molecular weight excluding hydrogens is 309 g/mol. The molecule has 1 aliphatic rings. The minimum atomic E-state index is -4.61. The number of rotatable bonds is 2. The van der Waals surface area contributed by atoms with Crippen molar-refractivity contribution in [3.8, 4) is 0 Å². The first kappa shape index (κ1) is 15.8. The third-order valence-corrected chi connectivity index (χ3v) is 3.72. The summed E-state index contributed by atoms with van der Waals surface area (Å²) in [6, 6.07) is 0.777. The van der Waals surface area contributed by atoms with Crippen LogP contribution in [-0.2, 0) is 11.0 Å². The van der Waals surface area contributed by atoms with Crippen LogP contribution in [0.25, 0.3) is 0 Å². The van der Waals surface area contributed by atoms with Crippen LogP contribution >= 0.6 is 11.6 Å². The molecule has 9 heteroatoms. The Kier molecular flexibility index (Phi) is 4.27. The van der Waals surface area contributed by atoms with Crippen LogP contribution in [0.15, 0.2) is 6.07 Å². The Morgan fingerprint density at radius 3 is 2.67 bits per heavy atom. The lowest BCUT2D eigenvalue weighted by molar-refractivity contribution is -0.141. The van der Waals surface area contributed by atoms with Crippen LogP contribution in [0.2, 0.25) is 5.28 Å². The number of halogens is 4. The van der Waals surface area contributed by atoms with Crippen molar-refractivity contribution in [2.75, 3.05) is 11.4 Å². The van der Waals surface area contributed by atoms with Gasteiger partial charge in [0, 0.05) is 18.7 Å². The standard InChI is InChI=1S/C12H14ClF3N4O/c1-6-2-3-7(10(17)21)5-20(6)9-4-8(12(14,15)16)18-11(13)19-9/h4,6-7H,2-3,5H2,1H3,(H2,17,21). The van der Waals surface area contributed by atoms with E-state index in [4.69, 9.17) is 17.3 Å². The van der Waals surface area contributed by atoms with Crippen molar-refractivity contribution >= 4 is 23.3 Å². The molecule has 21 heavy (non-hydrogen) atoms. The Balaban J connectivity index is 2.35. The topological polar surface area (TPSA) is 72.1 Å². The predicted molar refractivity (Wildman–Crippen MR) is 70.8 cm³/mol. The second-order valence-electron chi connectivity index (χ2n) is 5.06. The Morgan fingerprint density at radius 2 is 2.10 bits per heavy atom. The number of anilines is 1. The van der Waals surface area contributed by atoms with Crippen LogP contribution in [0.4, 0.5) is 19.0 Å². The number of amides is 1. The smallest absolute Gasteiger partial charge is 0.369 e. The Bertz CT molecular complexity index is 552. The van der Waals surface area contributed by atoms with E-state index in [-0.39, 0.29) is 18.4 Å². The fourth-order valence-electron chi connectivity index (χ4n) is 2.36. The molecule has 1 amide bonds. The summed E-state index contributed by atoms with van der Waals surface area (Å²) >= 11 is 5.58. The minimum Gasteiger partial charge on any atom is -0.369 e. The maximum Gasteiger partial charge on any atom is 0.433 e. The summed E-state index contributed by atoms with van der Waals surface area (Å²) < 4.78 is 38.3. The maximum atomic E-state index is 12.8. The van der Waals surface area contributed by atoms with E-state index in [9.17, 15) is 18.0 Å². The molecule has 2 N–H and O–H groups in total. The van der Waals surface area contributed by atoms with Crippen molar-refractivity contribution < 1.29 is 18.0 Å². The summed E-state index contributed by atoms with van der Waals surface area (Å²) in [5.74, 6) is -0.826. The zero-order valence-electron chi connectivity index (χ0n) is 11.2. The molecule has 0 spiro atoms. The quantitative estimate of drug-likeness (QED) is 0.848. The highest BCUT2D eigenvalue weighted by Gasteiger charge is 2.36. The van der Waals surface area contributed by atoms with Crippen LogP contribution in [0.1, 0.15) is 25.5 Å². The molecule has 0 aromatic carbocycles. The number of nitrogens with zero attached hydrogens (tertiary/aromatic N) is 3. The van der Waals surface area contributed by atoms with E-state index in [1.54, 1.807) is 4.90 Å². The van der Waals surface area contributed by atoms with E-state index in [1.807, 2.05) is 6.92 Å². The second kappa shape index (κ2) is 5.67. The molecule has 2 atom stereocenters. The first-order valence-electron chi connectivity index (χ1n) is 6.36. The number of hydrogen-bond donors (Lipinski definition) is 1. The lowest BCUT2D eigenvalue weighted by Gasteiger charge is -2.37. The van der Waals surface area contributed by atoms with Crippen molar-refractivity contribution in [3.63, 3.8) is 0 Å². The molecule has 1 aliphatic heterocycles. The number of hydrogen-bond acceptors (Lipinski definition) is 4. The summed E-state index contributed by atoms with van der Waals surface area (Å²) in [7, 11) is 0. The molecule has 116 valence electrons. The second-order valence-corrected chi connectivity index (χ2v) is 5.39. The summed E-state index contributed by atoms with van der Waals surface area (Å²) in [6.07, 6.45) is -3.36. The average molecular weight is 323 g/mol. The van der Waals surface area contributed by atoms with E-state index in [2.05, 4.69) is 9.97 Å². The van der Waals surface area contributed by atoms with Gasteiger partial charge in [0.15, 0.2) is 5.69 Å². The van der Waals surface area contributed by atoms with Gasteiger partial charge in [-0.15, -0.1) is 0 Å². The van der Waals surface area contributed by atoms with Gasteiger partial charge < -0.3 is 10.6 Å². The zero-order chi connectivity index (χ0) is 15.8. The highest BCUT2D eigenvalue weighted by molar-refractivity contribution is 6.28. The monoisotopic (exact) mass is 322 g/mol.